The number of hydrogen-bond donors (Lipinski definition) is 1. The molecule has 3 aromatic rings. The molecule has 206 valence electrons. The maximum atomic E-state index is 14.0. The Morgan fingerprint density at radius 3 is 2.85 bits per heavy atom. The molecular weight excluding hydrogens is 515 g/mol. The molecule has 9 heteroatoms. The van der Waals surface area contributed by atoms with Gasteiger partial charge in [0.2, 0.25) is 0 Å². The van der Waals surface area contributed by atoms with Gasteiger partial charge in [0.05, 0.1) is 17.3 Å². The summed E-state index contributed by atoms with van der Waals surface area (Å²) < 4.78 is 20.2. The Morgan fingerprint density at radius 1 is 1.13 bits per heavy atom. The first-order valence-electron chi connectivity index (χ1n) is 14.3. The third-order valence-corrected chi connectivity index (χ3v) is 9.41. The average Bonchev–Trinajstić information content (AvgIpc) is 3.10. The Hall–Kier alpha value is -2.68. The minimum Gasteiger partial charge on any atom is -0.462 e. The van der Waals surface area contributed by atoms with E-state index in [0.29, 0.717) is 44.2 Å². The Bertz CT molecular complexity index is 1360. The largest absolute Gasteiger partial charge is 0.462 e. The number of anilines is 2. The van der Waals surface area contributed by atoms with Crippen LogP contribution in [-0.2, 0) is 13.0 Å². The van der Waals surface area contributed by atoms with Crippen molar-refractivity contribution < 1.29 is 9.13 Å². The summed E-state index contributed by atoms with van der Waals surface area (Å²) in [6, 6.07) is 13.8. The van der Waals surface area contributed by atoms with Gasteiger partial charge in [-0.2, -0.15) is 9.97 Å². The second-order valence-corrected chi connectivity index (χ2v) is 12.0. The third-order valence-electron chi connectivity index (χ3n) is 9.10. The van der Waals surface area contributed by atoms with Crippen molar-refractivity contribution in [2.45, 2.75) is 62.9 Å². The van der Waals surface area contributed by atoms with E-state index in [-0.39, 0.29) is 6.04 Å². The SMILES string of the molecule is CN1C[C@H](F)C[C@H]1COc1nc2c(c(N3CC4CCCC3CN4)n1)CCN(c1cccc3cccc(Cl)c13)C2. The van der Waals surface area contributed by atoms with E-state index in [9.17, 15) is 4.39 Å². The predicted octanol–water partition coefficient (Wildman–Crippen LogP) is 4.60. The van der Waals surface area contributed by atoms with E-state index in [1.807, 2.05) is 24.1 Å². The lowest BCUT2D eigenvalue weighted by atomic mass is 10.0. The van der Waals surface area contributed by atoms with Crippen LogP contribution in [0, 0.1) is 0 Å². The first kappa shape index (κ1) is 25.3. The van der Waals surface area contributed by atoms with Crippen LogP contribution in [0.3, 0.4) is 0 Å². The highest BCUT2D eigenvalue weighted by atomic mass is 35.5. The normalized spacial score (nSPS) is 27.2. The molecular formula is C30H36ClFN6O. The summed E-state index contributed by atoms with van der Waals surface area (Å²) in [5, 5.41) is 6.70. The summed E-state index contributed by atoms with van der Waals surface area (Å²) >= 11 is 6.70. The Morgan fingerprint density at radius 2 is 2.00 bits per heavy atom. The van der Waals surface area contributed by atoms with Crippen LogP contribution < -0.4 is 19.9 Å². The summed E-state index contributed by atoms with van der Waals surface area (Å²) in [5.74, 6) is 1.03. The topological polar surface area (TPSA) is 56.8 Å². The number of nitrogens with zero attached hydrogens (tertiary/aromatic N) is 5. The predicted molar refractivity (Wildman–Crippen MR) is 154 cm³/mol. The summed E-state index contributed by atoms with van der Waals surface area (Å²) in [6.07, 6.45) is 4.17. The molecule has 4 atom stereocenters. The molecule has 7 nitrogen and oxygen atoms in total. The van der Waals surface area contributed by atoms with Crippen molar-refractivity contribution >= 4 is 33.9 Å². The molecule has 4 saturated heterocycles. The number of piperazine rings is 1. The molecule has 6 heterocycles. The number of likely N-dealkylation sites (N-methyl/N-ethyl adjacent to an activating group) is 1. The van der Waals surface area contributed by atoms with Gasteiger partial charge >= 0.3 is 6.01 Å². The molecule has 0 saturated carbocycles. The lowest BCUT2D eigenvalue weighted by Crippen LogP contribution is -2.55. The second-order valence-electron chi connectivity index (χ2n) is 11.6. The number of aromatic nitrogens is 2. The van der Waals surface area contributed by atoms with E-state index in [4.69, 9.17) is 26.3 Å². The Balaban J connectivity index is 1.24. The van der Waals surface area contributed by atoms with Gasteiger partial charge in [-0.05, 0) is 56.7 Å². The van der Waals surface area contributed by atoms with Crippen molar-refractivity contribution in [3.8, 4) is 6.01 Å². The zero-order valence-electron chi connectivity index (χ0n) is 22.5. The van der Waals surface area contributed by atoms with Crippen molar-refractivity contribution in [1.29, 1.82) is 0 Å². The number of hydrogen-bond acceptors (Lipinski definition) is 7. The van der Waals surface area contributed by atoms with Gasteiger partial charge in [-0.1, -0.05) is 35.9 Å². The smallest absolute Gasteiger partial charge is 0.318 e. The van der Waals surface area contributed by atoms with Gasteiger partial charge in [0, 0.05) is 60.9 Å². The van der Waals surface area contributed by atoms with E-state index >= 15 is 0 Å². The fourth-order valence-corrected chi connectivity index (χ4v) is 7.27. The zero-order valence-corrected chi connectivity index (χ0v) is 23.2. The summed E-state index contributed by atoms with van der Waals surface area (Å²) in [5.41, 5.74) is 3.38. The fraction of sp³-hybridized carbons (Fsp3) is 0.533. The van der Waals surface area contributed by atoms with Gasteiger partial charge in [-0.3, -0.25) is 4.90 Å². The minimum absolute atomic E-state index is 0.0378. The van der Waals surface area contributed by atoms with Crippen molar-refractivity contribution in [2.75, 3.05) is 49.6 Å². The monoisotopic (exact) mass is 550 g/mol. The fourth-order valence-electron chi connectivity index (χ4n) is 6.99. The van der Waals surface area contributed by atoms with Crippen LogP contribution in [0.4, 0.5) is 15.9 Å². The molecule has 1 aromatic heterocycles. The maximum Gasteiger partial charge on any atom is 0.318 e. The summed E-state index contributed by atoms with van der Waals surface area (Å²) in [7, 11) is 1.96. The molecule has 5 aliphatic heterocycles. The van der Waals surface area contributed by atoms with Gasteiger partial charge in [0.1, 0.15) is 18.6 Å². The number of rotatable bonds is 5. The molecule has 2 aromatic carbocycles. The number of benzene rings is 2. The molecule has 0 radical (unpaired) electrons. The van der Waals surface area contributed by atoms with Crippen LogP contribution >= 0.6 is 11.6 Å². The number of nitrogens with one attached hydrogen (secondary N) is 1. The average molecular weight is 551 g/mol. The summed E-state index contributed by atoms with van der Waals surface area (Å²) in [6.45, 7) is 4.35. The van der Waals surface area contributed by atoms with E-state index in [2.05, 4.69) is 39.4 Å². The van der Waals surface area contributed by atoms with Crippen LogP contribution in [0.25, 0.3) is 10.8 Å². The first-order valence-corrected chi connectivity index (χ1v) is 14.7. The third kappa shape index (κ3) is 4.81. The van der Waals surface area contributed by atoms with Crippen LogP contribution in [0.1, 0.15) is 36.9 Å². The molecule has 0 aliphatic carbocycles. The van der Waals surface area contributed by atoms with Crippen LogP contribution in [0.2, 0.25) is 5.02 Å². The Kier molecular flexibility index (Phi) is 6.73. The number of ether oxygens (including phenoxy) is 1. The molecule has 39 heavy (non-hydrogen) atoms. The number of halogens is 2. The second kappa shape index (κ2) is 10.4. The van der Waals surface area contributed by atoms with Gasteiger partial charge in [-0.15, -0.1) is 0 Å². The quantitative estimate of drug-likeness (QED) is 0.498. The van der Waals surface area contributed by atoms with Gasteiger partial charge < -0.3 is 19.9 Å². The molecule has 8 rings (SSSR count). The first-order chi connectivity index (χ1) is 19.0. The molecule has 2 unspecified atom stereocenters. The molecule has 2 bridgehead atoms. The van der Waals surface area contributed by atoms with E-state index < -0.39 is 6.17 Å². The number of fused-ring (bicyclic) bond motifs is 6. The summed E-state index contributed by atoms with van der Waals surface area (Å²) in [4.78, 5) is 17.0. The zero-order chi connectivity index (χ0) is 26.5. The van der Waals surface area contributed by atoms with Gasteiger partial charge in [0.15, 0.2) is 0 Å². The van der Waals surface area contributed by atoms with Gasteiger partial charge in [0.25, 0.3) is 0 Å². The minimum atomic E-state index is -0.801. The molecule has 4 fully saturated rings. The standard InChI is InChI=1S/C30H36ClFN6O/c1-36-15-20(32)13-23(36)18-39-30-34-26-17-37(27-10-3-6-19-5-2-9-25(31)28(19)27)12-11-24(26)29(35-30)38-16-21-7-4-8-22(38)14-33-21/h2-3,5-6,9-10,20-23,33H,4,7-8,11-18H2,1H3/t20-,21?,22?,23+/m1/s1. The Labute approximate surface area is 234 Å². The van der Waals surface area contributed by atoms with Crippen molar-refractivity contribution in [1.82, 2.24) is 20.2 Å². The highest BCUT2D eigenvalue weighted by Crippen LogP contribution is 2.38. The molecule has 1 N–H and O–H groups in total. The van der Waals surface area contributed by atoms with Crippen molar-refractivity contribution in [2.24, 2.45) is 0 Å². The highest BCUT2D eigenvalue weighted by Gasteiger charge is 2.36. The van der Waals surface area contributed by atoms with Crippen molar-refractivity contribution in [3.05, 3.63) is 52.7 Å². The maximum absolute atomic E-state index is 14.0. The van der Waals surface area contributed by atoms with E-state index in [1.54, 1.807) is 0 Å². The highest BCUT2D eigenvalue weighted by molar-refractivity contribution is 6.36. The van der Waals surface area contributed by atoms with Crippen LogP contribution in [0.15, 0.2) is 36.4 Å². The lowest BCUT2D eigenvalue weighted by molar-refractivity contribution is 0.187. The number of alkyl halides is 1. The lowest BCUT2D eigenvalue weighted by Gasteiger charge is -2.41. The van der Waals surface area contributed by atoms with Gasteiger partial charge in [-0.25, -0.2) is 4.39 Å². The molecule has 0 amide bonds. The molecule has 5 aliphatic rings. The van der Waals surface area contributed by atoms with Crippen LogP contribution in [-0.4, -0.2) is 79.0 Å². The molecule has 0 spiro atoms. The number of likely N-dealkylation sites (tertiary alicyclic amines) is 1. The van der Waals surface area contributed by atoms with Crippen LogP contribution in [0.5, 0.6) is 6.01 Å². The van der Waals surface area contributed by atoms with E-state index in [1.165, 1.54) is 24.8 Å². The van der Waals surface area contributed by atoms with Crippen molar-refractivity contribution in [3.63, 3.8) is 0 Å². The van der Waals surface area contributed by atoms with E-state index in [0.717, 1.165) is 59.0 Å².